The number of nitrogens with zero attached hydrogens (tertiary/aromatic N) is 1. The molecule has 3 aromatic rings. The summed E-state index contributed by atoms with van der Waals surface area (Å²) < 4.78 is 44.6. The van der Waals surface area contributed by atoms with Gasteiger partial charge in [0.15, 0.2) is 0 Å². The molecule has 2 aromatic carbocycles. The summed E-state index contributed by atoms with van der Waals surface area (Å²) >= 11 is 3.45. The predicted octanol–water partition coefficient (Wildman–Crippen LogP) is 5.29. The molecule has 0 bridgehead atoms. The van der Waals surface area contributed by atoms with Gasteiger partial charge >= 0.3 is 6.18 Å². The number of alkyl halides is 3. The van der Waals surface area contributed by atoms with Crippen molar-refractivity contribution >= 4 is 33.7 Å². The first kappa shape index (κ1) is 20.7. The van der Waals surface area contributed by atoms with Gasteiger partial charge in [0, 0.05) is 15.7 Å². The molecule has 0 spiro atoms. The average Bonchev–Trinajstić information content (AvgIpc) is 3.15. The minimum Gasteiger partial charge on any atom is -0.455 e. The highest BCUT2D eigenvalue weighted by Gasteiger charge is 2.30. The second-order valence-corrected chi connectivity index (χ2v) is 6.76. The molecule has 2 N–H and O–H groups in total. The molecule has 9 heteroatoms. The van der Waals surface area contributed by atoms with E-state index in [9.17, 15) is 18.0 Å². The number of furan rings is 1. The van der Waals surface area contributed by atoms with E-state index in [1.165, 1.54) is 18.3 Å². The summed E-state index contributed by atoms with van der Waals surface area (Å²) in [6.07, 6.45) is -3.11. The summed E-state index contributed by atoms with van der Waals surface area (Å²) in [6, 6.07) is 15.6. The lowest BCUT2D eigenvalue weighted by molar-refractivity contribution is -0.137. The van der Waals surface area contributed by atoms with E-state index in [4.69, 9.17) is 4.42 Å². The van der Waals surface area contributed by atoms with Crippen LogP contribution < -0.4 is 10.7 Å². The van der Waals surface area contributed by atoms with Crippen LogP contribution in [0.5, 0.6) is 0 Å². The number of amides is 1. The van der Waals surface area contributed by atoms with Crippen molar-refractivity contribution < 1.29 is 22.4 Å². The van der Waals surface area contributed by atoms with Gasteiger partial charge in [0.2, 0.25) is 0 Å². The second-order valence-electron chi connectivity index (χ2n) is 5.91. The number of halogens is 4. The highest BCUT2D eigenvalue weighted by atomic mass is 79.9. The van der Waals surface area contributed by atoms with Crippen molar-refractivity contribution in [2.75, 3.05) is 11.9 Å². The monoisotopic (exact) mass is 465 g/mol. The van der Waals surface area contributed by atoms with Crippen LogP contribution in [-0.2, 0) is 11.0 Å². The van der Waals surface area contributed by atoms with E-state index >= 15 is 0 Å². The maximum atomic E-state index is 12.7. The Morgan fingerprint density at radius 1 is 1.10 bits per heavy atom. The summed E-state index contributed by atoms with van der Waals surface area (Å²) in [5, 5.41) is 6.41. The third kappa shape index (κ3) is 5.71. The van der Waals surface area contributed by atoms with Crippen LogP contribution in [0, 0.1) is 0 Å². The normalized spacial score (nSPS) is 11.6. The van der Waals surface area contributed by atoms with Crippen molar-refractivity contribution in [2.45, 2.75) is 6.18 Å². The average molecular weight is 466 g/mol. The smallest absolute Gasteiger partial charge is 0.416 e. The van der Waals surface area contributed by atoms with Crippen LogP contribution in [0.2, 0.25) is 0 Å². The maximum Gasteiger partial charge on any atom is 0.416 e. The Hall–Kier alpha value is -3.07. The van der Waals surface area contributed by atoms with Crippen molar-refractivity contribution in [3.8, 4) is 11.3 Å². The van der Waals surface area contributed by atoms with E-state index in [0.29, 0.717) is 11.5 Å². The Labute approximate surface area is 172 Å². The summed E-state index contributed by atoms with van der Waals surface area (Å²) in [5.74, 6) is 0.551. The first-order chi connectivity index (χ1) is 13.8. The Morgan fingerprint density at radius 3 is 2.66 bits per heavy atom. The predicted molar refractivity (Wildman–Crippen MR) is 108 cm³/mol. The fraction of sp³-hybridized carbons (Fsp3) is 0.100. The molecule has 29 heavy (non-hydrogen) atoms. The van der Waals surface area contributed by atoms with Crippen LogP contribution >= 0.6 is 15.9 Å². The Kier molecular flexibility index (Phi) is 6.38. The highest BCUT2D eigenvalue weighted by molar-refractivity contribution is 9.10. The molecule has 0 aliphatic rings. The highest BCUT2D eigenvalue weighted by Crippen LogP contribution is 2.31. The van der Waals surface area contributed by atoms with Gasteiger partial charge in [0.05, 0.1) is 18.3 Å². The van der Waals surface area contributed by atoms with Crippen LogP contribution in [0.25, 0.3) is 11.3 Å². The molecule has 150 valence electrons. The molecule has 0 aliphatic heterocycles. The molecule has 1 heterocycles. The third-order valence-corrected chi connectivity index (χ3v) is 4.48. The van der Waals surface area contributed by atoms with E-state index in [1.807, 2.05) is 24.3 Å². The van der Waals surface area contributed by atoms with Crippen molar-refractivity contribution in [1.82, 2.24) is 5.43 Å². The second kappa shape index (κ2) is 8.95. The van der Waals surface area contributed by atoms with Crippen LogP contribution in [0.4, 0.5) is 18.9 Å². The minimum absolute atomic E-state index is 0.183. The van der Waals surface area contributed by atoms with Crippen molar-refractivity contribution in [3.05, 3.63) is 76.5 Å². The number of hydrogen-bond donors (Lipinski definition) is 2. The standard InChI is InChI=1S/C20H15BrF3N3O2/c21-17-7-2-1-6-16(17)18-9-8-15(29-18)11-26-27-19(28)12-25-14-5-3-4-13(10-14)20(22,23)24/h1-11,25H,12H2,(H,27,28)/b26-11+. The topological polar surface area (TPSA) is 66.6 Å². The molecule has 0 aliphatic carbocycles. The molecule has 5 nitrogen and oxygen atoms in total. The minimum atomic E-state index is -4.44. The number of carbonyl (C=O) groups is 1. The van der Waals surface area contributed by atoms with E-state index in [2.05, 4.69) is 31.8 Å². The van der Waals surface area contributed by atoms with Gasteiger partial charge in [-0.2, -0.15) is 18.3 Å². The molecule has 0 saturated heterocycles. The molecule has 3 rings (SSSR count). The molecular formula is C20H15BrF3N3O2. The first-order valence-corrected chi connectivity index (χ1v) is 9.20. The number of carbonyl (C=O) groups excluding carboxylic acids is 1. The summed E-state index contributed by atoms with van der Waals surface area (Å²) in [5.41, 5.74) is 2.55. The molecule has 0 fully saturated rings. The lowest BCUT2D eigenvalue weighted by atomic mass is 10.2. The van der Waals surface area contributed by atoms with Crippen LogP contribution in [0.3, 0.4) is 0 Å². The lowest BCUT2D eigenvalue weighted by Gasteiger charge is -2.09. The van der Waals surface area contributed by atoms with Gasteiger partial charge in [-0.15, -0.1) is 0 Å². The Balaban J connectivity index is 1.52. The fourth-order valence-electron chi connectivity index (χ4n) is 2.42. The first-order valence-electron chi connectivity index (χ1n) is 8.41. The van der Waals surface area contributed by atoms with Gasteiger partial charge in [0.25, 0.3) is 5.91 Å². The molecule has 0 saturated carbocycles. The maximum absolute atomic E-state index is 12.7. The van der Waals surface area contributed by atoms with E-state index in [-0.39, 0.29) is 12.2 Å². The molecule has 0 atom stereocenters. The van der Waals surface area contributed by atoms with E-state index < -0.39 is 17.6 Å². The molecular weight excluding hydrogens is 451 g/mol. The molecule has 0 unspecified atom stereocenters. The van der Waals surface area contributed by atoms with E-state index in [0.717, 1.165) is 22.2 Å². The fourth-order valence-corrected chi connectivity index (χ4v) is 2.90. The Morgan fingerprint density at radius 2 is 1.90 bits per heavy atom. The van der Waals surface area contributed by atoms with Crippen LogP contribution in [0.1, 0.15) is 11.3 Å². The number of hydrogen-bond acceptors (Lipinski definition) is 4. The molecule has 0 radical (unpaired) electrons. The lowest BCUT2D eigenvalue weighted by Crippen LogP contribution is -2.26. The number of nitrogens with one attached hydrogen (secondary N) is 2. The van der Waals surface area contributed by atoms with Gasteiger partial charge < -0.3 is 9.73 Å². The van der Waals surface area contributed by atoms with Crippen LogP contribution in [0.15, 0.2) is 74.7 Å². The largest absolute Gasteiger partial charge is 0.455 e. The number of rotatable bonds is 6. The van der Waals surface area contributed by atoms with Gasteiger partial charge in [-0.1, -0.05) is 40.2 Å². The van der Waals surface area contributed by atoms with Crippen molar-refractivity contribution in [2.24, 2.45) is 5.10 Å². The number of benzene rings is 2. The summed E-state index contributed by atoms with van der Waals surface area (Å²) in [4.78, 5) is 11.8. The van der Waals surface area contributed by atoms with Crippen molar-refractivity contribution in [3.63, 3.8) is 0 Å². The summed E-state index contributed by atoms with van der Waals surface area (Å²) in [6.45, 7) is -0.237. The zero-order valence-electron chi connectivity index (χ0n) is 14.8. The molecule has 1 aromatic heterocycles. The van der Waals surface area contributed by atoms with Gasteiger partial charge in [-0.3, -0.25) is 4.79 Å². The zero-order valence-corrected chi connectivity index (χ0v) is 16.4. The number of hydrazone groups is 1. The molecule has 1 amide bonds. The SMILES string of the molecule is O=C(CNc1cccc(C(F)(F)F)c1)N/N=C/c1ccc(-c2ccccc2Br)o1. The van der Waals surface area contributed by atoms with Crippen LogP contribution in [-0.4, -0.2) is 18.7 Å². The number of anilines is 1. The van der Waals surface area contributed by atoms with E-state index in [1.54, 1.807) is 12.1 Å². The van der Waals surface area contributed by atoms with Gasteiger partial charge in [-0.05, 0) is 36.4 Å². The van der Waals surface area contributed by atoms with Gasteiger partial charge in [-0.25, -0.2) is 5.43 Å². The summed E-state index contributed by atoms with van der Waals surface area (Å²) in [7, 11) is 0. The quantitative estimate of drug-likeness (QED) is 0.383. The van der Waals surface area contributed by atoms with Gasteiger partial charge in [0.1, 0.15) is 11.5 Å². The zero-order chi connectivity index (χ0) is 20.9. The van der Waals surface area contributed by atoms with Crippen molar-refractivity contribution in [1.29, 1.82) is 0 Å². The Bertz CT molecular complexity index is 1030. The third-order valence-electron chi connectivity index (χ3n) is 3.79.